The van der Waals surface area contributed by atoms with E-state index >= 15 is 0 Å². The molecule has 0 N–H and O–H groups in total. The zero-order chi connectivity index (χ0) is 9.86. The van der Waals surface area contributed by atoms with Gasteiger partial charge in [-0.25, -0.2) is 0 Å². The van der Waals surface area contributed by atoms with E-state index in [0.29, 0.717) is 0 Å². The molecule has 0 unspecified atom stereocenters. The summed E-state index contributed by atoms with van der Waals surface area (Å²) in [5.74, 6) is 0. The van der Waals surface area contributed by atoms with Gasteiger partial charge in [-0.3, -0.25) is 0 Å². The zero-order valence-corrected chi connectivity index (χ0v) is 14.6. The van der Waals surface area contributed by atoms with Gasteiger partial charge in [0.1, 0.15) is 0 Å². The summed E-state index contributed by atoms with van der Waals surface area (Å²) in [6.07, 6.45) is 0. The third-order valence-electron chi connectivity index (χ3n) is 0. The van der Waals surface area contributed by atoms with Crippen LogP contribution >= 0.6 is 22.2 Å². The Bertz CT molecular complexity index is 42.3. The van der Waals surface area contributed by atoms with Crippen LogP contribution in [0.3, 0.4) is 0 Å². The van der Waals surface area contributed by atoms with Crippen molar-refractivity contribution < 1.29 is 0 Å². The van der Waals surface area contributed by atoms with Crippen LogP contribution in [-0.2, 0) is 0 Å². The van der Waals surface area contributed by atoms with Crippen molar-refractivity contribution in [1.82, 2.24) is 0 Å². The van der Waals surface area contributed by atoms with Crippen LogP contribution in [0.4, 0.5) is 0 Å². The minimum absolute atomic E-state index is 0.230. The van der Waals surface area contributed by atoms with Crippen molar-refractivity contribution in [3.63, 3.8) is 0 Å². The van der Waals surface area contributed by atoms with E-state index in [0.717, 1.165) is 0 Å². The summed E-state index contributed by atoms with van der Waals surface area (Å²) in [4.78, 5) is 4.59. The van der Waals surface area contributed by atoms with Gasteiger partial charge in [-0.1, -0.05) is 26.2 Å². The molecule has 0 spiro atoms. The molecule has 68 valence electrons. The van der Waals surface area contributed by atoms with E-state index in [-0.39, 0.29) is 21.1 Å². The third kappa shape index (κ3) is 346. The van der Waals surface area contributed by atoms with E-state index < -0.39 is 16.2 Å². The summed E-state index contributed by atoms with van der Waals surface area (Å²) in [6.45, 7) is 8.14. The molecule has 0 bridgehead atoms. The molecule has 5 heteroatoms. The summed E-state index contributed by atoms with van der Waals surface area (Å²) >= 11 is 11.0. The van der Waals surface area contributed by atoms with Gasteiger partial charge >= 0.3 is 31.0 Å². The number of hydrogen-bond acceptors (Lipinski definition) is 0. The first-order valence-corrected chi connectivity index (χ1v) is 16.1. The molecule has 0 rings (SSSR count). The molecule has 0 aliphatic rings. The van der Waals surface area contributed by atoms with Crippen molar-refractivity contribution in [2.45, 2.75) is 36.1 Å². The predicted octanol–water partition coefficient (Wildman–Crippen LogP) is 3.74. The van der Waals surface area contributed by atoms with E-state index in [2.05, 4.69) is 9.88 Å². The van der Waals surface area contributed by atoms with Crippen LogP contribution in [0.1, 0.15) is 0 Å². The van der Waals surface area contributed by atoms with Crippen LogP contribution in [0.5, 0.6) is 0 Å². The Morgan fingerprint density at radius 3 is 0.818 bits per heavy atom. The minimum atomic E-state index is -0.407. The molecule has 0 aromatic carbocycles. The fraction of sp³-hybridized carbons (Fsp3) is 1.00. The molecule has 0 atom stereocenters. The second-order valence-corrected chi connectivity index (χ2v) is 13.2. The topological polar surface area (TPSA) is 0 Å². The van der Waals surface area contributed by atoms with E-state index in [1.165, 1.54) is 0 Å². The molecule has 11 heavy (non-hydrogen) atoms. The molecule has 0 aliphatic heterocycles. The molecule has 0 amide bonds. The fourth-order valence-corrected chi connectivity index (χ4v) is 0. The van der Waals surface area contributed by atoms with E-state index in [1.54, 1.807) is 0 Å². The maximum atomic E-state index is 5.38. The SMILES string of the molecule is C[Si](C)Cl.C[Si](C)Cl.[CH3][Sn][CH3]. The standard InChI is InChI=1S/2C2H6ClSi.2CH3.Sn/c2*1-4(2)3;;;/h2*1-2H3;2*1H3;. The Morgan fingerprint density at radius 2 is 0.818 bits per heavy atom. The predicted molar refractivity (Wildman–Crippen MR) is 64.2 cm³/mol. The first-order chi connectivity index (χ1) is 4.88. The van der Waals surface area contributed by atoms with Gasteiger partial charge in [-0.2, -0.15) is 22.2 Å². The summed E-state index contributed by atoms with van der Waals surface area (Å²) in [5, 5.41) is 0. The Balaban J connectivity index is -0.0000000886. The van der Waals surface area contributed by atoms with Crippen molar-refractivity contribution in [2.24, 2.45) is 0 Å². The molecule has 0 aromatic heterocycles. The summed E-state index contributed by atoms with van der Waals surface area (Å²) in [5.41, 5.74) is 0. The Kier molecular flexibility index (Phi) is 30.0. The number of halogens is 2. The van der Waals surface area contributed by atoms with Crippen LogP contribution < -0.4 is 0 Å². The average molecular weight is 336 g/mol. The molecule has 0 aromatic rings. The van der Waals surface area contributed by atoms with E-state index in [4.69, 9.17) is 22.2 Å². The fourth-order valence-electron chi connectivity index (χ4n) is 0. The molecule has 0 heterocycles. The molecule has 0 saturated heterocycles. The van der Waals surface area contributed by atoms with Gasteiger partial charge in [0.2, 0.25) is 0 Å². The average Bonchev–Trinajstić information content (AvgIpc) is 1.60. The Labute approximate surface area is 94.9 Å². The van der Waals surface area contributed by atoms with Gasteiger partial charge in [0.15, 0.2) is 16.2 Å². The van der Waals surface area contributed by atoms with Gasteiger partial charge in [-0.05, 0) is 0 Å². The molecule has 0 fully saturated rings. The third-order valence-corrected chi connectivity index (χ3v) is 0. The number of hydrogen-bond donors (Lipinski definition) is 0. The molecule has 0 saturated carbocycles. The Hall–Kier alpha value is 1.81. The molecular weight excluding hydrogens is 318 g/mol. The van der Waals surface area contributed by atoms with Crippen LogP contribution in [0.2, 0.25) is 36.1 Å². The van der Waals surface area contributed by atoms with Crippen molar-refractivity contribution in [2.75, 3.05) is 0 Å². The van der Waals surface area contributed by atoms with Gasteiger partial charge in [0.25, 0.3) is 0 Å². The van der Waals surface area contributed by atoms with Gasteiger partial charge in [-0.15, -0.1) is 0 Å². The van der Waals surface area contributed by atoms with Crippen molar-refractivity contribution in [3.05, 3.63) is 0 Å². The van der Waals surface area contributed by atoms with E-state index in [1.807, 2.05) is 26.2 Å². The first kappa shape index (κ1) is 18.6. The molecule has 4 radical (unpaired) electrons. The van der Waals surface area contributed by atoms with Crippen LogP contribution in [0, 0.1) is 0 Å². The maximum absolute atomic E-state index is 5.38. The summed E-state index contributed by atoms with van der Waals surface area (Å²) in [6, 6.07) is 0. The van der Waals surface area contributed by atoms with E-state index in [9.17, 15) is 0 Å². The van der Waals surface area contributed by atoms with Gasteiger partial charge in [0, 0.05) is 0 Å². The van der Waals surface area contributed by atoms with Crippen molar-refractivity contribution in [1.29, 1.82) is 0 Å². The number of rotatable bonds is 0. The summed E-state index contributed by atoms with van der Waals surface area (Å²) in [7, 11) is -0.815. The molecule has 0 aliphatic carbocycles. The first-order valence-electron chi connectivity index (χ1n) is 3.38. The van der Waals surface area contributed by atoms with Crippen LogP contribution in [-0.4, -0.2) is 37.4 Å². The molecule has 0 nitrogen and oxygen atoms in total. The monoisotopic (exact) mass is 336 g/mol. The molecular formula is C6H18Cl2Si2Sn. The quantitative estimate of drug-likeness (QED) is 0.467. The zero-order valence-electron chi connectivity index (χ0n) is 8.26. The second-order valence-electron chi connectivity index (χ2n) is 2.26. The second kappa shape index (κ2) is 17.8. The van der Waals surface area contributed by atoms with Crippen LogP contribution in [0.25, 0.3) is 0 Å². The van der Waals surface area contributed by atoms with Gasteiger partial charge in [0.05, 0.1) is 0 Å². The van der Waals surface area contributed by atoms with Crippen molar-refractivity contribution >= 4 is 59.5 Å². The normalized spacial score (nSPS) is 8.18. The Morgan fingerprint density at radius 1 is 0.818 bits per heavy atom. The van der Waals surface area contributed by atoms with Crippen molar-refractivity contribution in [3.8, 4) is 0 Å². The van der Waals surface area contributed by atoms with Gasteiger partial charge < -0.3 is 0 Å². The van der Waals surface area contributed by atoms with Crippen LogP contribution in [0.15, 0.2) is 0 Å². The summed E-state index contributed by atoms with van der Waals surface area (Å²) < 4.78 is 0.